The van der Waals surface area contributed by atoms with Gasteiger partial charge in [0.15, 0.2) is 17.3 Å². The molecular weight excluding hydrogens is 478 g/mol. The summed E-state index contributed by atoms with van der Waals surface area (Å²) >= 11 is 0. The van der Waals surface area contributed by atoms with Crippen LogP contribution in [0.3, 0.4) is 0 Å². The van der Waals surface area contributed by atoms with Crippen molar-refractivity contribution in [3.8, 4) is 22.8 Å². The van der Waals surface area contributed by atoms with Gasteiger partial charge >= 0.3 is 0 Å². The van der Waals surface area contributed by atoms with Crippen LogP contribution in [0.5, 0.6) is 11.5 Å². The third kappa shape index (κ3) is 3.05. The molecule has 0 radical (unpaired) electrons. The summed E-state index contributed by atoms with van der Waals surface area (Å²) < 4.78 is 10.8. The van der Waals surface area contributed by atoms with E-state index in [0.717, 1.165) is 45.3 Å². The molecule has 186 valence electrons. The maximum Gasteiger partial charge on any atom is 0.232 e. The predicted molar refractivity (Wildman–Crippen MR) is 148 cm³/mol. The summed E-state index contributed by atoms with van der Waals surface area (Å²) in [5.74, 6) is 2.98. The first kappa shape index (κ1) is 22.1. The number of nitrogens with zero attached hydrogens (tertiary/aromatic N) is 5. The minimum atomic E-state index is -1.14. The number of amidine groups is 1. The van der Waals surface area contributed by atoms with E-state index in [1.165, 1.54) is 0 Å². The number of guanidine groups is 1. The van der Waals surface area contributed by atoms with Gasteiger partial charge in [-0.25, -0.2) is 20.0 Å². The van der Waals surface area contributed by atoms with Gasteiger partial charge in [0.2, 0.25) is 5.96 Å². The van der Waals surface area contributed by atoms with Crippen molar-refractivity contribution in [2.75, 3.05) is 20.0 Å². The van der Waals surface area contributed by atoms with Crippen LogP contribution in [0.4, 0.5) is 11.6 Å². The summed E-state index contributed by atoms with van der Waals surface area (Å²) in [4.78, 5) is 25.2. The molecule has 1 unspecified atom stereocenters. The number of benzene rings is 3. The Morgan fingerprint density at radius 3 is 2.34 bits per heavy atom. The molecule has 3 N–H and O–H groups in total. The number of rotatable bonds is 5. The van der Waals surface area contributed by atoms with Gasteiger partial charge in [-0.3, -0.25) is 4.90 Å². The lowest BCUT2D eigenvalue weighted by atomic mass is 9.83. The molecule has 0 fully saturated rings. The van der Waals surface area contributed by atoms with Crippen molar-refractivity contribution >= 4 is 35.3 Å². The van der Waals surface area contributed by atoms with E-state index < -0.39 is 5.54 Å². The van der Waals surface area contributed by atoms with Crippen molar-refractivity contribution in [1.29, 1.82) is 0 Å². The molecule has 0 bridgehead atoms. The molecule has 3 aromatic carbocycles. The highest BCUT2D eigenvalue weighted by Gasteiger charge is 2.55. The molecule has 1 aromatic heterocycles. The number of aromatic nitrogens is 2. The Balaban J connectivity index is 1.55. The number of nitrogen functional groups attached to an aromatic ring is 1. The number of fused-ring (bicyclic) bond motifs is 2. The predicted octanol–water partition coefficient (Wildman–Crippen LogP) is 4.76. The summed E-state index contributed by atoms with van der Waals surface area (Å²) in [6.07, 6.45) is 3.76. The first-order valence-electron chi connectivity index (χ1n) is 12.1. The molecule has 0 saturated carbocycles. The number of imidazole rings is 1. The standard InChI is InChI=1S/C29H23N7O2/c1-37-19-11-7-17(8-12-19)24-25(34-27(30)33-24)29(18-9-13-20(38-2)14-10-18)26-32-22-6-4-3-5-21(22)23-15-16-31-28(35-29)36(23)26/h3-16H,1-2H3,(H3,30,33,34). The number of allylic oxidation sites excluding steroid dienone is 1. The summed E-state index contributed by atoms with van der Waals surface area (Å²) in [6.45, 7) is 0. The molecule has 3 aliphatic heterocycles. The minimum absolute atomic E-state index is 0.278. The number of aliphatic imine (C=N–C) groups is 3. The average molecular weight is 502 g/mol. The monoisotopic (exact) mass is 501 g/mol. The van der Waals surface area contributed by atoms with Crippen LogP contribution in [0.1, 0.15) is 16.8 Å². The van der Waals surface area contributed by atoms with Gasteiger partial charge in [0.05, 0.1) is 31.3 Å². The number of ether oxygens (including phenoxy) is 2. The Bertz CT molecular complexity index is 1700. The Hall–Kier alpha value is -5.18. The summed E-state index contributed by atoms with van der Waals surface area (Å²) in [6, 6.07) is 23.6. The first-order chi connectivity index (χ1) is 18.6. The van der Waals surface area contributed by atoms with Gasteiger partial charge < -0.3 is 20.2 Å². The van der Waals surface area contributed by atoms with Crippen molar-refractivity contribution in [3.05, 3.63) is 95.7 Å². The largest absolute Gasteiger partial charge is 0.497 e. The molecule has 0 saturated heterocycles. The van der Waals surface area contributed by atoms with Crippen molar-refractivity contribution in [2.24, 2.45) is 15.0 Å². The van der Waals surface area contributed by atoms with Crippen LogP contribution in [-0.4, -0.2) is 47.1 Å². The van der Waals surface area contributed by atoms with Gasteiger partial charge in [-0.1, -0.05) is 30.3 Å². The van der Waals surface area contributed by atoms with E-state index in [1.807, 2.05) is 77.7 Å². The van der Waals surface area contributed by atoms with Crippen LogP contribution in [0.25, 0.3) is 17.0 Å². The topological polar surface area (TPSA) is 113 Å². The molecule has 4 aromatic rings. The number of nitrogens with one attached hydrogen (secondary N) is 1. The summed E-state index contributed by atoms with van der Waals surface area (Å²) in [5.41, 5.74) is 11.1. The van der Waals surface area contributed by atoms with Crippen molar-refractivity contribution in [1.82, 2.24) is 14.9 Å². The highest BCUT2D eigenvalue weighted by molar-refractivity contribution is 6.24. The molecule has 0 aliphatic carbocycles. The molecule has 1 atom stereocenters. The van der Waals surface area contributed by atoms with Gasteiger partial charge in [-0.05, 0) is 54.1 Å². The van der Waals surface area contributed by atoms with Crippen LogP contribution >= 0.6 is 0 Å². The second kappa shape index (κ2) is 8.17. The lowest BCUT2D eigenvalue weighted by molar-refractivity contribution is 0.414. The van der Waals surface area contributed by atoms with Crippen LogP contribution in [0, 0.1) is 0 Å². The molecule has 3 aliphatic rings. The maximum absolute atomic E-state index is 6.32. The van der Waals surface area contributed by atoms with E-state index in [1.54, 1.807) is 20.4 Å². The molecule has 9 heteroatoms. The first-order valence-corrected chi connectivity index (χ1v) is 12.1. The van der Waals surface area contributed by atoms with Crippen LogP contribution in [0.15, 0.2) is 93.8 Å². The number of hydrogen-bond acceptors (Lipinski definition) is 8. The molecule has 4 heterocycles. The van der Waals surface area contributed by atoms with Crippen molar-refractivity contribution in [3.63, 3.8) is 0 Å². The maximum atomic E-state index is 6.32. The second-order valence-electron chi connectivity index (χ2n) is 9.04. The van der Waals surface area contributed by atoms with E-state index in [0.29, 0.717) is 17.5 Å². The van der Waals surface area contributed by atoms with Gasteiger partial charge in [0, 0.05) is 17.3 Å². The van der Waals surface area contributed by atoms with Crippen molar-refractivity contribution < 1.29 is 9.47 Å². The Labute approximate surface area is 218 Å². The van der Waals surface area contributed by atoms with Gasteiger partial charge in [0.25, 0.3) is 0 Å². The number of aromatic amines is 1. The van der Waals surface area contributed by atoms with E-state index in [4.69, 9.17) is 30.2 Å². The SMILES string of the molecule is COc1ccc(-c2[nH]c(N)nc2C2(c3ccc(OC)cc3)N=C3N=CC=C4c5ccccc5N=C2N43)cc1. The van der Waals surface area contributed by atoms with Crippen LogP contribution in [0.2, 0.25) is 0 Å². The number of methoxy groups -OCH3 is 2. The van der Waals surface area contributed by atoms with E-state index in [9.17, 15) is 0 Å². The Morgan fingerprint density at radius 1 is 0.895 bits per heavy atom. The summed E-state index contributed by atoms with van der Waals surface area (Å²) in [7, 11) is 3.29. The Morgan fingerprint density at radius 2 is 1.61 bits per heavy atom. The number of para-hydroxylation sites is 1. The molecule has 9 nitrogen and oxygen atoms in total. The molecular formula is C29H23N7O2. The highest BCUT2D eigenvalue weighted by Crippen LogP contribution is 2.50. The second-order valence-corrected chi connectivity index (χ2v) is 9.04. The fraction of sp³-hybridized carbons (Fsp3) is 0.103. The van der Waals surface area contributed by atoms with Crippen LogP contribution in [-0.2, 0) is 5.54 Å². The lowest BCUT2D eigenvalue weighted by Crippen LogP contribution is -2.43. The number of H-pyrrole nitrogens is 1. The zero-order valence-corrected chi connectivity index (χ0v) is 20.7. The Kier molecular flexibility index (Phi) is 4.74. The van der Waals surface area contributed by atoms with E-state index >= 15 is 0 Å². The fourth-order valence-corrected chi connectivity index (χ4v) is 5.25. The van der Waals surface area contributed by atoms with Gasteiger partial charge in [-0.15, -0.1) is 0 Å². The lowest BCUT2D eigenvalue weighted by Gasteiger charge is -2.34. The number of anilines is 1. The van der Waals surface area contributed by atoms with Gasteiger partial charge in [-0.2, -0.15) is 0 Å². The van der Waals surface area contributed by atoms with E-state index in [-0.39, 0.29) is 5.95 Å². The van der Waals surface area contributed by atoms with Crippen molar-refractivity contribution in [2.45, 2.75) is 5.54 Å². The zero-order chi connectivity index (χ0) is 25.9. The van der Waals surface area contributed by atoms with E-state index in [2.05, 4.69) is 16.0 Å². The van der Waals surface area contributed by atoms with Gasteiger partial charge in [0.1, 0.15) is 17.2 Å². The number of hydrogen-bond donors (Lipinski definition) is 2. The highest BCUT2D eigenvalue weighted by atomic mass is 16.5. The molecule has 38 heavy (non-hydrogen) atoms. The molecule has 0 amide bonds. The third-order valence-corrected chi connectivity index (χ3v) is 7.02. The fourth-order valence-electron chi connectivity index (χ4n) is 5.25. The molecule has 0 spiro atoms. The van der Waals surface area contributed by atoms with Crippen LogP contribution < -0.4 is 15.2 Å². The normalized spacial score (nSPS) is 18.8. The zero-order valence-electron chi connectivity index (χ0n) is 20.7. The quantitative estimate of drug-likeness (QED) is 0.409. The number of nitrogens with two attached hydrogens (primary N) is 1. The third-order valence-electron chi connectivity index (χ3n) is 7.02. The minimum Gasteiger partial charge on any atom is -0.497 e. The average Bonchev–Trinajstić information content (AvgIpc) is 3.52. The smallest absolute Gasteiger partial charge is 0.232 e. The molecule has 7 rings (SSSR count). The summed E-state index contributed by atoms with van der Waals surface area (Å²) in [5, 5.41) is 0.